The number of thioether (sulfide) groups is 1. The maximum atomic E-state index is 13.8. The van der Waals surface area contributed by atoms with Gasteiger partial charge in [-0.1, -0.05) is 24.3 Å². The summed E-state index contributed by atoms with van der Waals surface area (Å²) in [5.41, 5.74) is 3.13. The van der Waals surface area contributed by atoms with E-state index in [4.69, 9.17) is 9.47 Å². The molecule has 30 heavy (non-hydrogen) atoms. The molecule has 0 bridgehead atoms. The second-order valence-corrected chi connectivity index (χ2v) is 8.43. The minimum absolute atomic E-state index is 0.00161. The highest BCUT2D eigenvalue weighted by Crippen LogP contribution is 2.46. The van der Waals surface area contributed by atoms with Gasteiger partial charge in [0.15, 0.2) is 11.5 Å². The van der Waals surface area contributed by atoms with E-state index in [1.807, 2.05) is 30.3 Å². The third kappa shape index (κ3) is 4.19. The van der Waals surface area contributed by atoms with Crippen molar-refractivity contribution in [2.75, 3.05) is 25.7 Å². The zero-order valence-corrected chi connectivity index (χ0v) is 17.8. The van der Waals surface area contributed by atoms with Gasteiger partial charge >= 0.3 is 0 Å². The first kappa shape index (κ1) is 20.4. The van der Waals surface area contributed by atoms with Crippen molar-refractivity contribution in [1.29, 1.82) is 0 Å². The molecule has 1 N–H and O–H groups in total. The SMILES string of the molecule is COc1cc(CN2CC[C@@H](c3cccc(F)c3)Sc3ccccc32)cc(OC)c1O. The number of nitrogens with zero attached hydrogens (tertiary/aromatic N) is 1. The average molecular weight is 426 g/mol. The number of fused-ring (bicyclic) bond motifs is 1. The molecule has 0 saturated heterocycles. The lowest BCUT2D eigenvalue weighted by molar-refractivity contribution is 0.339. The standard InChI is InChI=1S/C24H24FNO3S/c1-28-20-12-16(13-21(29-2)24(20)27)15-26-11-10-22(17-6-5-7-18(25)14-17)30-23-9-4-3-8-19(23)26/h3-9,12-14,22,27H,10-11,15H2,1-2H3/t22-/m0/s1. The highest BCUT2D eigenvalue weighted by molar-refractivity contribution is 7.99. The first-order valence-corrected chi connectivity index (χ1v) is 10.7. The van der Waals surface area contributed by atoms with E-state index in [2.05, 4.69) is 17.0 Å². The molecule has 0 amide bonds. The lowest BCUT2D eigenvalue weighted by atomic mass is 10.1. The number of aromatic hydroxyl groups is 1. The summed E-state index contributed by atoms with van der Waals surface area (Å²) in [6.45, 7) is 1.46. The molecule has 1 atom stereocenters. The minimum atomic E-state index is -0.203. The van der Waals surface area contributed by atoms with Gasteiger partial charge in [0.1, 0.15) is 5.82 Å². The Morgan fingerprint density at radius 2 is 1.77 bits per heavy atom. The molecule has 1 aliphatic heterocycles. The molecule has 6 heteroatoms. The number of rotatable bonds is 5. The predicted octanol–water partition coefficient (Wildman–Crippen LogP) is 5.79. The zero-order valence-electron chi connectivity index (χ0n) is 17.0. The third-order valence-corrected chi connectivity index (χ3v) is 6.66. The van der Waals surface area contributed by atoms with Crippen molar-refractivity contribution in [3.05, 3.63) is 77.6 Å². The highest BCUT2D eigenvalue weighted by Gasteiger charge is 2.24. The van der Waals surface area contributed by atoms with E-state index in [1.165, 1.54) is 25.2 Å². The van der Waals surface area contributed by atoms with Gasteiger partial charge in [-0.3, -0.25) is 0 Å². The molecular formula is C24H24FNO3S. The Bertz CT molecular complexity index is 1020. The van der Waals surface area contributed by atoms with Gasteiger partial charge in [-0.2, -0.15) is 0 Å². The molecule has 0 aliphatic carbocycles. The minimum Gasteiger partial charge on any atom is -0.502 e. The Morgan fingerprint density at radius 1 is 1.03 bits per heavy atom. The molecule has 3 aromatic rings. The van der Waals surface area contributed by atoms with Crippen molar-refractivity contribution >= 4 is 17.4 Å². The Hall–Kier alpha value is -2.86. The number of ether oxygens (including phenoxy) is 2. The van der Waals surface area contributed by atoms with Crippen molar-refractivity contribution in [2.45, 2.75) is 23.1 Å². The van der Waals surface area contributed by atoms with Crippen LogP contribution in [-0.4, -0.2) is 25.9 Å². The smallest absolute Gasteiger partial charge is 0.200 e. The van der Waals surface area contributed by atoms with E-state index in [9.17, 15) is 9.50 Å². The van der Waals surface area contributed by atoms with Crippen LogP contribution in [0.25, 0.3) is 0 Å². The summed E-state index contributed by atoms with van der Waals surface area (Å²) in [7, 11) is 3.06. The summed E-state index contributed by atoms with van der Waals surface area (Å²) in [5.74, 6) is 0.575. The van der Waals surface area contributed by atoms with Crippen LogP contribution in [0.3, 0.4) is 0 Å². The van der Waals surface area contributed by atoms with Crippen LogP contribution in [0.1, 0.15) is 22.8 Å². The molecule has 0 fully saturated rings. The summed E-state index contributed by atoms with van der Waals surface area (Å²) in [4.78, 5) is 3.48. The Morgan fingerprint density at radius 3 is 2.47 bits per heavy atom. The summed E-state index contributed by atoms with van der Waals surface area (Å²) < 4.78 is 24.4. The van der Waals surface area contributed by atoms with Gasteiger partial charge < -0.3 is 19.5 Å². The number of anilines is 1. The molecule has 0 aromatic heterocycles. The number of methoxy groups -OCH3 is 2. The number of phenolic OH excluding ortho intramolecular Hbond substituents is 1. The van der Waals surface area contributed by atoms with E-state index in [1.54, 1.807) is 23.9 Å². The van der Waals surface area contributed by atoms with Gasteiger partial charge in [0.25, 0.3) is 0 Å². The van der Waals surface area contributed by atoms with Crippen LogP contribution in [0.2, 0.25) is 0 Å². The molecule has 1 aliphatic rings. The number of para-hydroxylation sites is 1. The number of hydrogen-bond donors (Lipinski definition) is 1. The van der Waals surface area contributed by atoms with E-state index in [0.29, 0.717) is 18.0 Å². The average Bonchev–Trinajstić information content (AvgIpc) is 2.94. The monoisotopic (exact) mass is 425 g/mol. The summed E-state index contributed by atoms with van der Waals surface area (Å²) >= 11 is 1.77. The van der Waals surface area contributed by atoms with Gasteiger partial charge in [0.05, 0.1) is 19.9 Å². The number of halogens is 1. The Kier molecular flexibility index (Phi) is 6.04. The number of phenols is 1. The molecule has 156 valence electrons. The molecule has 0 spiro atoms. The van der Waals surface area contributed by atoms with Crippen LogP contribution in [0.15, 0.2) is 65.6 Å². The predicted molar refractivity (Wildman–Crippen MR) is 118 cm³/mol. The number of hydrogen-bond acceptors (Lipinski definition) is 5. The van der Waals surface area contributed by atoms with Crippen molar-refractivity contribution in [3.8, 4) is 17.2 Å². The van der Waals surface area contributed by atoms with Crippen LogP contribution < -0.4 is 14.4 Å². The highest BCUT2D eigenvalue weighted by atomic mass is 32.2. The second-order valence-electron chi connectivity index (χ2n) is 7.19. The number of benzene rings is 3. The fourth-order valence-electron chi connectivity index (χ4n) is 3.79. The van der Waals surface area contributed by atoms with Gasteiger partial charge in [0.2, 0.25) is 5.75 Å². The van der Waals surface area contributed by atoms with Crippen LogP contribution in [0, 0.1) is 5.82 Å². The van der Waals surface area contributed by atoms with E-state index >= 15 is 0 Å². The fraction of sp³-hybridized carbons (Fsp3) is 0.250. The largest absolute Gasteiger partial charge is 0.502 e. The third-order valence-electron chi connectivity index (χ3n) is 5.27. The van der Waals surface area contributed by atoms with Crippen LogP contribution in [-0.2, 0) is 6.54 Å². The quantitative estimate of drug-likeness (QED) is 0.560. The van der Waals surface area contributed by atoms with Crippen molar-refractivity contribution in [3.63, 3.8) is 0 Å². The van der Waals surface area contributed by atoms with Crippen LogP contribution in [0.5, 0.6) is 17.2 Å². The summed E-state index contributed by atoms with van der Waals surface area (Å²) in [6.07, 6.45) is 0.884. The maximum absolute atomic E-state index is 13.8. The van der Waals surface area contributed by atoms with Gasteiger partial charge in [-0.25, -0.2) is 4.39 Å². The second kappa shape index (κ2) is 8.88. The first-order chi connectivity index (χ1) is 14.6. The van der Waals surface area contributed by atoms with E-state index in [-0.39, 0.29) is 16.8 Å². The molecular weight excluding hydrogens is 401 g/mol. The van der Waals surface area contributed by atoms with Crippen molar-refractivity contribution < 1.29 is 19.0 Å². The van der Waals surface area contributed by atoms with E-state index in [0.717, 1.165) is 29.8 Å². The fourth-order valence-corrected chi connectivity index (χ4v) is 5.08. The maximum Gasteiger partial charge on any atom is 0.200 e. The molecule has 0 unspecified atom stereocenters. The molecule has 0 radical (unpaired) electrons. The molecule has 4 rings (SSSR count). The van der Waals surface area contributed by atoms with Gasteiger partial charge in [-0.05, 0) is 53.9 Å². The lowest BCUT2D eigenvalue weighted by Crippen LogP contribution is -2.24. The van der Waals surface area contributed by atoms with Crippen LogP contribution in [0.4, 0.5) is 10.1 Å². The zero-order chi connectivity index (χ0) is 21.1. The summed E-state index contributed by atoms with van der Waals surface area (Å²) in [5, 5.41) is 10.4. The topological polar surface area (TPSA) is 41.9 Å². The summed E-state index contributed by atoms with van der Waals surface area (Å²) in [6, 6.07) is 18.8. The van der Waals surface area contributed by atoms with Crippen molar-refractivity contribution in [2.24, 2.45) is 0 Å². The molecule has 0 saturated carbocycles. The first-order valence-electron chi connectivity index (χ1n) is 9.79. The molecule has 4 nitrogen and oxygen atoms in total. The van der Waals surface area contributed by atoms with Crippen molar-refractivity contribution in [1.82, 2.24) is 0 Å². The normalized spacial score (nSPS) is 16.0. The molecule has 3 aromatic carbocycles. The van der Waals surface area contributed by atoms with E-state index < -0.39 is 0 Å². The van der Waals surface area contributed by atoms with Gasteiger partial charge in [-0.15, -0.1) is 11.8 Å². The Balaban J connectivity index is 1.65. The molecule has 1 heterocycles. The van der Waals surface area contributed by atoms with Crippen LogP contribution >= 0.6 is 11.8 Å². The lowest BCUT2D eigenvalue weighted by Gasteiger charge is -2.25. The van der Waals surface area contributed by atoms with Gasteiger partial charge in [0, 0.05) is 23.2 Å². The Labute approximate surface area is 180 Å².